The van der Waals surface area contributed by atoms with Gasteiger partial charge in [0, 0.05) is 12.0 Å². The molecule has 1 aromatic carbocycles. The summed E-state index contributed by atoms with van der Waals surface area (Å²) in [4.78, 5) is 10.3. The standard InChI is InChI=1S/C13H14FNO5S/c1-20-13(17)9-15-21(18,19)12-6-5-10(8-11(12)14)4-2-3-7-16/h5-6,8,15-16H,3,7,9H2,1H3. The lowest BCUT2D eigenvalue weighted by Gasteiger charge is -2.07. The van der Waals surface area contributed by atoms with E-state index in [9.17, 15) is 17.6 Å². The third-order valence-electron chi connectivity index (χ3n) is 2.33. The monoisotopic (exact) mass is 315 g/mol. The zero-order valence-corrected chi connectivity index (χ0v) is 12.0. The highest BCUT2D eigenvalue weighted by molar-refractivity contribution is 7.89. The summed E-state index contributed by atoms with van der Waals surface area (Å²) in [7, 11) is -3.04. The Hall–Kier alpha value is -1.95. The maximum Gasteiger partial charge on any atom is 0.320 e. The van der Waals surface area contributed by atoms with Gasteiger partial charge in [-0.25, -0.2) is 12.8 Å². The molecule has 21 heavy (non-hydrogen) atoms. The second kappa shape index (κ2) is 7.73. The molecular formula is C13H14FNO5S. The summed E-state index contributed by atoms with van der Waals surface area (Å²) in [5.74, 6) is 3.41. The Kier molecular flexibility index (Phi) is 6.30. The number of halogens is 1. The van der Waals surface area contributed by atoms with Crippen LogP contribution in [0.15, 0.2) is 23.1 Å². The number of nitrogens with one attached hydrogen (secondary N) is 1. The van der Waals surface area contributed by atoms with Crippen molar-refractivity contribution in [3.05, 3.63) is 29.6 Å². The average Bonchev–Trinajstić information content (AvgIpc) is 2.45. The van der Waals surface area contributed by atoms with Crippen molar-refractivity contribution in [3.63, 3.8) is 0 Å². The number of ether oxygens (including phenoxy) is 1. The summed E-state index contributed by atoms with van der Waals surface area (Å²) in [5, 5.41) is 8.57. The summed E-state index contributed by atoms with van der Waals surface area (Å²) in [6, 6.07) is 3.36. The topological polar surface area (TPSA) is 92.7 Å². The van der Waals surface area contributed by atoms with Gasteiger partial charge in [0.2, 0.25) is 10.0 Å². The van der Waals surface area contributed by atoms with E-state index in [1.54, 1.807) is 0 Å². The molecule has 0 unspecified atom stereocenters. The lowest BCUT2D eigenvalue weighted by molar-refractivity contribution is -0.139. The molecule has 0 saturated heterocycles. The van der Waals surface area contributed by atoms with Gasteiger partial charge in [0.15, 0.2) is 0 Å². The largest absolute Gasteiger partial charge is 0.468 e. The number of sulfonamides is 1. The van der Waals surface area contributed by atoms with Crippen molar-refractivity contribution in [2.45, 2.75) is 11.3 Å². The molecule has 2 N–H and O–H groups in total. The predicted molar refractivity (Wildman–Crippen MR) is 72.2 cm³/mol. The smallest absolute Gasteiger partial charge is 0.320 e. The third-order valence-corrected chi connectivity index (χ3v) is 3.76. The fourth-order valence-corrected chi connectivity index (χ4v) is 2.35. The maximum absolute atomic E-state index is 13.8. The van der Waals surface area contributed by atoms with Crippen LogP contribution in [-0.2, 0) is 19.6 Å². The molecule has 0 aliphatic carbocycles. The molecule has 0 atom stereocenters. The Labute approximate surface area is 122 Å². The minimum Gasteiger partial charge on any atom is -0.468 e. The molecule has 1 aromatic rings. The van der Waals surface area contributed by atoms with E-state index in [1.807, 2.05) is 4.72 Å². The Balaban J connectivity index is 2.94. The molecule has 0 bridgehead atoms. The Bertz CT molecular complexity index is 676. The van der Waals surface area contributed by atoms with Gasteiger partial charge in [-0.05, 0) is 18.2 Å². The molecule has 0 aliphatic heterocycles. The Morgan fingerprint density at radius 3 is 2.76 bits per heavy atom. The number of hydrogen-bond donors (Lipinski definition) is 2. The van der Waals surface area contributed by atoms with Crippen LogP contribution in [-0.4, -0.2) is 39.8 Å². The van der Waals surface area contributed by atoms with E-state index in [0.29, 0.717) is 0 Å². The summed E-state index contributed by atoms with van der Waals surface area (Å²) in [6.07, 6.45) is 0.238. The van der Waals surface area contributed by atoms with Gasteiger partial charge in [0.05, 0.1) is 13.7 Å². The van der Waals surface area contributed by atoms with Crippen molar-refractivity contribution in [3.8, 4) is 11.8 Å². The SMILES string of the molecule is COC(=O)CNS(=O)(=O)c1ccc(C#CCCO)cc1F. The minimum absolute atomic E-state index is 0.112. The number of hydrogen-bond acceptors (Lipinski definition) is 5. The van der Waals surface area contributed by atoms with Crippen molar-refractivity contribution in [2.75, 3.05) is 20.3 Å². The zero-order valence-electron chi connectivity index (χ0n) is 11.2. The van der Waals surface area contributed by atoms with E-state index < -0.39 is 33.3 Å². The predicted octanol–water partition coefficient (Wildman–Crippen LogP) is 0.0109. The summed E-state index contributed by atoms with van der Waals surface area (Å²) >= 11 is 0. The Morgan fingerprint density at radius 1 is 1.48 bits per heavy atom. The highest BCUT2D eigenvalue weighted by Gasteiger charge is 2.20. The van der Waals surface area contributed by atoms with Gasteiger partial charge in [-0.15, -0.1) is 0 Å². The highest BCUT2D eigenvalue weighted by Crippen LogP contribution is 2.15. The molecule has 1 rings (SSSR count). The van der Waals surface area contributed by atoms with Crippen LogP contribution in [0.3, 0.4) is 0 Å². The first-order valence-corrected chi connectivity index (χ1v) is 7.35. The second-order valence-electron chi connectivity index (χ2n) is 3.82. The lowest BCUT2D eigenvalue weighted by atomic mass is 10.2. The van der Waals surface area contributed by atoms with E-state index >= 15 is 0 Å². The number of aliphatic hydroxyl groups is 1. The second-order valence-corrected chi connectivity index (χ2v) is 5.56. The van der Waals surface area contributed by atoms with Gasteiger partial charge in [0.1, 0.15) is 17.3 Å². The minimum atomic E-state index is -4.15. The number of aliphatic hydroxyl groups excluding tert-OH is 1. The molecule has 114 valence electrons. The van der Waals surface area contributed by atoms with Crippen molar-refractivity contribution in [1.82, 2.24) is 4.72 Å². The van der Waals surface area contributed by atoms with Gasteiger partial charge in [-0.2, -0.15) is 4.72 Å². The fourth-order valence-electron chi connectivity index (χ4n) is 1.32. The van der Waals surface area contributed by atoms with E-state index in [-0.39, 0.29) is 18.6 Å². The normalized spacial score (nSPS) is 10.6. The van der Waals surface area contributed by atoms with Crippen LogP contribution in [0.5, 0.6) is 0 Å². The van der Waals surface area contributed by atoms with Gasteiger partial charge < -0.3 is 9.84 Å². The molecule has 0 saturated carbocycles. The zero-order chi connectivity index (χ0) is 15.9. The molecule has 0 fully saturated rings. The molecule has 0 amide bonds. The molecule has 0 aliphatic rings. The Morgan fingerprint density at radius 2 is 2.19 bits per heavy atom. The van der Waals surface area contributed by atoms with E-state index in [4.69, 9.17) is 5.11 Å². The maximum atomic E-state index is 13.8. The van der Waals surface area contributed by atoms with E-state index in [1.165, 1.54) is 6.07 Å². The molecule has 0 spiro atoms. The highest BCUT2D eigenvalue weighted by atomic mass is 32.2. The third kappa shape index (κ3) is 5.15. The van der Waals surface area contributed by atoms with Crippen molar-refractivity contribution in [1.29, 1.82) is 0 Å². The molecule has 6 nitrogen and oxygen atoms in total. The van der Waals surface area contributed by atoms with Crippen LogP contribution in [0.2, 0.25) is 0 Å². The average molecular weight is 315 g/mol. The summed E-state index contributed by atoms with van der Waals surface area (Å²) in [6.45, 7) is -0.699. The molecule has 8 heteroatoms. The number of esters is 1. The van der Waals surface area contributed by atoms with Crippen molar-refractivity contribution < 1.29 is 27.4 Å². The number of benzene rings is 1. The van der Waals surface area contributed by atoms with Crippen LogP contribution < -0.4 is 4.72 Å². The van der Waals surface area contributed by atoms with Gasteiger partial charge >= 0.3 is 5.97 Å². The van der Waals surface area contributed by atoms with Gasteiger partial charge in [-0.1, -0.05) is 11.8 Å². The quantitative estimate of drug-likeness (QED) is 0.590. The molecule has 0 heterocycles. The van der Waals surface area contributed by atoms with Gasteiger partial charge in [0.25, 0.3) is 0 Å². The van der Waals surface area contributed by atoms with Crippen LogP contribution in [0, 0.1) is 17.7 Å². The van der Waals surface area contributed by atoms with Gasteiger partial charge in [-0.3, -0.25) is 4.79 Å². The molecular weight excluding hydrogens is 301 g/mol. The molecule has 0 radical (unpaired) electrons. The number of rotatable bonds is 5. The van der Waals surface area contributed by atoms with E-state index in [0.717, 1.165) is 19.2 Å². The first-order chi connectivity index (χ1) is 9.90. The van der Waals surface area contributed by atoms with Crippen LogP contribution in [0.1, 0.15) is 12.0 Å². The summed E-state index contributed by atoms with van der Waals surface area (Å²) in [5.41, 5.74) is 0.285. The number of methoxy groups -OCH3 is 1. The first kappa shape index (κ1) is 17.1. The molecule has 0 aromatic heterocycles. The number of carbonyl (C=O) groups excluding carboxylic acids is 1. The van der Waals surface area contributed by atoms with Crippen LogP contribution >= 0.6 is 0 Å². The fraction of sp³-hybridized carbons (Fsp3) is 0.308. The van der Waals surface area contributed by atoms with Crippen molar-refractivity contribution >= 4 is 16.0 Å². The first-order valence-electron chi connectivity index (χ1n) is 5.86. The van der Waals surface area contributed by atoms with Crippen molar-refractivity contribution in [2.24, 2.45) is 0 Å². The summed E-state index contributed by atoms with van der Waals surface area (Å²) < 4.78 is 43.7. The van der Waals surface area contributed by atoms with Crippen LogP contribution in [0.25, 0.3) is 0 Å². The number of carbonyl (C=O) groups is 1. The lowest BCUT2D eigenvalue weighted by Crippen LogP contribution is -2.30. The van der Waals surface area contributed by atoms with Crippen LogP contribution in [0.4, 0.5) is 4.39 Å². The van der Waals surface area contributed by atoms with E-state index in [2.05, 4.69) is 16.6 Å².